The van der Waals surface area contributed by atoms with Gasteiger partial charge in [-0.15, -0.1) is 0 Å². The molecule has 1 saturated heterocycles. The maximum Gasteiger partial charge on any atom is 0.249 e. The molecule has 4 nitrogen and oxygen atoms in total. The van der Waals surface area contributed by atoms with Crippen LogP contribution in [0.4, 0.5) is 0 Å². The molecule has 1 amide bonds. The zero-order valence-corrected chi connectivity index (χ0v) is 8.71. The van der Waals surface area contributed by atoms with Crippen molar-refractivity contribution in [3.63, 3.8) is 0 Å². The molecule has 0 saturated carbocycles. The Balaban J connectivity index is 2.35. The first-order valence-electron chi connectivity index (χ1n) is 5.09. The van der Waals surface area contributed by atoms with Gasteiger partial charge in [0.05, 0.1) is 6.04 Å². The second kappa shape index (κ2) is 5.10. The van der Waals surface area contributed by atoms with Gasteiger partial charge in [0.2, 0.25) is 5.91 Å². The van der Waals surface area contributed by atoms with Crippen LogP contribution in [0, 0.1) is 0 Å². The smallest absolute Gasteiger partial charge is 0.249 e. The molecule has 0 radical (unpaired) electrons. The van der Waals surface area contributed by atoms with E-state index in [4.69, 9.17) is 4.74 Å². The van der Waals surface area contributed by atoms with Crippen molar-refractivity contribution in [2.45, 2.75) is 45.3 Å². The minimum Gasteiger partial charge on any atom is -0.368 e. The van der Waals surface area contributed by atoms with Gasteiger partial charge in [0.15, 0.2) is 5.78 Å². The summed E-state index contributed by atoms with van der Waals surface area (Å²) >= 11 is 0. The van der Waals surface area contributed by atoms with Crippen LogP contribution < -0.4 is 5.32 Å². The maximum atomic E-state index is 11.5. The number of hydrogen-bond donors (Lipinski definition) is 1. The SMILES string of the molecule is CCC(=O)C(C)NC(=O)C1CCCO1. The first-order chi connectivity index (χ1) is 6.65. The van der Waals surface area contributed by atoms with E-state index in [1.54, 1.807) is 13.8 Å². The normalized spacial score (nSPS) is 23.1. The first-order valence-corrected chi connectivity index (χ1v) is 5.09. The zero-order valence-electron chi connectivity index (χ0n) is 8.71. The molecule has 0 spiro atoms. The minimum atomic E-state index is -0.392. The molecule has 1 aliphatic rings. The van der Waals surface area contributed by atoms with Crippen molar-refractivity contribution >= 4 is 11.7 Å². The summed E-state index contributed by atoms with van der Waals surface area (Å²) in [6, 6.07) is -0.392. The van der Waals surface area contributed by atoms with Crippen LogP contribution in [0.1, 0.15) is 33.1 Å². The molecule has 2 unspecified atom stereocenters. The Morgan fingerprint density at radius 1 is 1.57 bits per heavy atom. The predicted molar refractivity (Wildman–Crippen MR) is 51.9 cm³/mol. The Kier molecular flexibility index (Phi) is 4.07. The maximum absolute atomic E-state index is 11.5. The summed E-state index contributed by atoms with van der Waals surface area (Å²) in [5.74, 6) is -0.104. The van der Waals surface area contributed by atoms with E-state index in [-0.39, 0.29) is 17.8 Å². The van der Waals surface area contributed by atoms with Gasteiger partial charge in [-0.05, 0) is 19.8 Å². The Morgan fingerprint density at radius 3 is 2.79 bits per heavy atom. The second-order valence-electron chi connectivity index (χ2n) is 3.55. The van der Waals surface area contributed by atoms with Crippen molar-refractivity contribution in [1.82, 2.24) is 5.32 Å². The largest absolute Gasteiger partial charge is 0.368 e. The predicted octanol–water partition coefficient (Wildman–Crippen LogP) is 0.649. The lowest BCUT2D eigenvalue weighted by Crippen LogP contribution is -2.43. The summed E-state index contributed by atoms with van der Waals surface area (Å²) in [7, 11) is 0. The van der Waals surface area contributed by atoms with Gasteiger partial charge in [-0.2, -0.15) is 0 Å². The van der Waals surface area contributed by atoms with E-state index < -0.39 is 6.04 Å². The number of carbonyl (C=O) groups excluding carboxylic acids is 2. The quantitative estimate of drug-likeness (QED) is 0.723. The monoisotopic (exact) mass is 199 g/mol. The van der Waals surface area contributed by atoms with Gasteiger partial charge in [0, 0.05) is 13.0 Å². The molecule has 0 aliphatic carbocycles. The van der Waals surface area contributed by atoms with E-state index in [2.05, 4.69) is 5.32 Å². The first kappa shape index (κ1) is 11.2. The van der Waals surface area contributed by atoms with E-state index in [9.17, 15) is 9.59 Å². The fourth-order valence-electron chi connectivity index (χ4n) is 1.48. The summed E-state index contributed by atoms with van der Waals surface area (Å²) in [6.07, 6.45) is 1.79. The van der Waals surface area contributed by atoms with E-state index in [0.29, 0.717) is 13.0 Å². The highest BCUT2D eigenvalue weighted by Crippen LogP contribution is 2.11. The number of ether oxygens (including phenoxy) is 1. The molecule has 0 aromatic heterocycles. The molecule has 0 bridgehead atoms. The molecule has 80 valence electrons. The lowest BCUT2D eigenvalue weighted by atomic mass is 10.1. The zero-order chi connectivity index (χ0) is 10.6. The van der Waals surface area contributed by atoms with Gasteiger partial charge >= 0.3 is 0 Å². The Bertz CT molecular complexity index is 221. The summed E-state index contributed by atoms with van der Waals surface area (Å²) in [4.78, 5) is 22.7. The molecule has 2 atom stereocenters. The standard InChI is InChI=1S/C10H17NO3/c1-3-8(12)7(2)11-10(13)9-5-4-6-14-9/h7,9H,3-6H2,1-2H3,(H,11,13). The molecule has 1 fully saturated rings. The second-order valence-corrected chi connectivity index (χ2v) is 3.55. The van der Waals surface area contributed by atoms with Crippen LogP contribution in [-0.2, 0) is 14.3 Å². The summed E-state index contributed by atoms with van der Waals surface area (Å²) in [5, 5.41) is 2.66. The molecule has 0 aromatic carbocycles. The Labute approximate surface area is 84.0 Å². The van der Waals surface area contributed by atoms with Gasteiger partial charge < -0.3 is 10.1 Å². The number of rotatable bonds is 4. The third-order valence-electron chi connectivity index (χ3n) is 2.41. The van der Waals surface area contributed by atoms with Crippen molar-refractivity contribution in [3.05, 3.63) is 0 Å². The average molecular weight is 199 g/mol. The van der Waals surface area contributed by atoms with Gasteiger partial charge in [-0.3, -0.25) is 9.59 Å². The van der Waals surface area contributed by atoms with E-state index in [1.807, 2.05) is 0 Å². The van der Waals surface area contributed by atoms with Crippen LogP contribution >= 0.6 is 0 Å². The summed E-state index contributed by atoms with van der Waals surface area (Å²) in [6.45, 7) is 4.14. The van der Waals surface area contributed by atoms with E-state index in [0.717, 1.165) is 12.8 Å². The van der Waals surface area contributed by atoms with Gasteiger partial charge in [-0.25, -0.2) is 0 Å². The molecule has 1 N–H and O–H groups in total. The van der Waals surface area contributed by atoms with Gasteiger partial charge in [0.25, 0.3) is 0 Å². The third kappa shape index (κ3) is 2.80. The lowest BCUT2D eigenvalue weighted by molar-refractivity contribution is -0.133. The number of ketones is 1. The molecule has 14 heavy (non-hydrogen) atoms. The number of amides is 1. The number of Topliss-reactive ketones (excluding diaryl/α,β-unsaturated/α-hetero) is 1. The molecule has 1 aliphatic heterocycles. The van der Waals surface area contributed by atoms with E-state index >= 15 is 0 Å². The summed E-state index contributed by atoms with van der Waals surface area (Å²) in [5.41, 5.74) is 0. The highest BCUT2D eigenvalue weighted by molar-refractivity contribution is 5.90. The number of hydrogen-bond acceptors (Lipinski definition) is 3. The van der Waals surface area contributed by atoms with Crippen LogP contribution in [0.15, 0.2) is 0 Å². The minimum absolute atomic E-state index is 0.0522. The van der Waals surface area contributed by atoms with Crippen LogP contribution in [0.3, 0.4) is 0 Å². The number of carbonyl (C=O) groups is 2. The molecule has 1 heterocycles. The average Bonchev–Trinajstić information content (AvgIpc) is 2.69. The highest BCUT2D eigenvalue weighted by Gasteiger charge is 2.25. The lowest BCUT2D eigenvalue weighted by Gasteiger charge is -2.14. The van der Waals surface area contributed by atoms with Crippen molar-refractivity contribution in [2.75, 3.05) is 6.61 Å². The van der Waals surface area contributed by atoms with Crippen molar-refractivity contribution in [2.24, 2.45) is 0 Å². The molecule has 0 aromatic rings. The van der Waals surface area contributed by atoms with Crippen LogP contribution in [-0.4, -0.2) is 30.4 Å². The van der Waals surface area contributed by atoms with Gasteiger partial charge in [-0.1, -0.05) is 6.92 Å². The fraction of sp³-hybridized carbons (Fsp3) is 0.800. The van der Waals surface area contributed by atoms with Crippen molar-refractivity contribution in [3.8, 4) is 0 Å². The molecular formula is C10H17NO3. The topological polar surface area (TPSA) is 55.4 Å². The fourth-order valence-corrected chi connectivity index (χ4v) is 1.48. The molecule has 4 heteroatoms. The molecule has 1 rings (SSSR count). The van der Waals surface area contributed by atoms with Gasteiger partial charge in [0.1, 0.15) is 6.10 Å². The van der Waals surface area contributed by atoms with Crippen LogP contribution in [0.2, 0.25) is 0 Å². The third-order valence-corrected chi connectivity index (χ3v) is 2.41. The van der Waals surface area contributed by atoms with Crippen LogP contribution in [0.5, 0.6) is 0 Å². The van der Waals surface area contributed by atoms with Crippen molar-refractivity contribution < 1.29 is 14.3 Å². The molecular weight excluding hydrogens is 182 g/mol. The highest BCUT2D eigenvalue weighted by atomic mass is 16.5. The Hall–Kier alpha value is -0.900. The van der Waals surface area contributed by atoms with Crippen molar-refractivity contribution in [1.29, 1.82) is 0 Å². The Morgan fingerprint density at radius 2 is 2.29 bits per heavy atom. The number of nitrogens with one attached hydrogen (secondary N) is 1. The van der Waals surface area contributed by atoms with E-state index in [1.165, 1.54) is 0 Å². The summed E-state index contributed by atoms with van der Waals surface area (Å²) < 4.78 is 5.21. The van der Waals surface area contributed by atoms with Crippen LogP contribution in [0.25, 0.3) is 0 Å².